The van der Waals surface area contributed by atoms with Crippen molar-refractivity contribution in [2.45, 2.75) is 26.2 Å². The first kappa shape index (κ1) is 9.38. The van der Waals surface area contributed by atoms with E-state index in [1.807, 2.05) is 12.1 Å². The Bertz CT molecular complexity index is 307. The first-order chi connectivity index (χ1) is 6.90. The molecule has 0 aromatic heterocycles. The molecule has 0 spiro atoms. The quantitative estimate of drug-likeness (QED) is 0.731. The predicted molar refractivity (Wildman–Crippen MR) is 54.9 cm³/mol. The van der Waals surface area contributed by atoms with E-state index in [1.165, 1.54) is 5.56 Å². The Morgan fingerprint density at radius 1 is 1.57 bits per heavy atom. The summed E-state index contributed by atoms with van der Waals surface area (Å²) in [4.78, 5) is 0. The van der Waals surface area contributed by atoms with E-state index in [-0.39, 0.29) is 0 Å². The van der Waals surface area contributed by atoms with Crippen molar-refractivity contribution in [2.75, 3.05) is 13.2 Å². The van der Waals surface area contributed by atoms with Crippen LogP contribution in [0.15, 0.2) is 12.1 Å². The third-order valence-corrected chi connectivity index (χ3v) is 2.28. The third-order valence-electron chi connectivity index (χ3n) is 2.28. The molecule has 0 saturated heterocycles. The maximum Gasteiger partial charge on any atom is 0.130 e. The lowest BCUT2D eigenvalue weighted by molar-refractivity contribution is 0.280. The number of ether oxygens (including phenoxy) is 2. The molecule has 0 atom stereocenters. The Hall–Kier alpha value is -1.18. The molecule has 0 N–H and O–H groups in total. The highest BCUT2D eigenvalue weighted by atomic mass is 16.5. The van der Waals surface area contributed by atoms with Gasteiger partial charge in [0.25, 0.3) is 0 Å². The van der Waals surface area contributed by atoms with Crippen LogP contribution in [0.2, 0.25) is 0 Å². The van der Waals surface area contributed by atoms with E-state index >= 15 is 0 Å². The van der Waals surface area contributed by atoms with Gasteiger partial charge < -0.3 is 9.47 Å². The SMILES string of the molecule is CCCOc1[c]cc2c(c1)OCCC2. The van der Waals surface area contributed by atoms with Crippen LogP contribution in [-0.2, 0) is 6.42 Å². The molecule has 1 aromatic carbocycles. The Kier molecular flexibility index (Phi) is 2.92. The molecule has 1 heterocycles. The largest absolute Gasteiger partial charge is 0.493 e. The molecule has 0 amide bonds. The Morgan fingerprint density at radius 3 is 3.36 bits per heavy atom. The zero-order chi connectivity index (χ0) is 9.80. The van der Waals surface area contributed by atoms with Gasteiger partial charge in [0.2, 0.25) is 0 Å². The van der Waals surface area contributed by atoms with Crippen LogP contribution >= 0.6 is 0 Å². The van der Waals surface area contributed by atoms with Crippen molar-refractivity contribution >= 4 is 0 Å². The highest BCUT2D eigenvalue weighted by Crippen LogP contribution is 2.28. The molecule has 0 aliphatic carbocycles. The summed E-state index contributed by atoms with van der Waals surface area (Å²) in [6.45, 7) is 3.66. The molecular formula is C12H15O2. The van der Waals surface area contributed by atoms with Crippen molar-refractivity contribution in [1.82, 2.24) is 0 Å². The topological polar surface area (TPSA) is 18.5 Å². The minimum absolute atomic E-state index is 0.745. The number of aryl methyl sites for hydroxylation is 1. The number of hydrogen-bond donors (Lipinski definition) is 0. The monoisotopic (exact) mass is 191 g/mol. The van der Waals surface area contributed by atoms with Crippen LogP contribution in [0.1, 0.15) is 25.3 Å². The second-order valence-corrected chi connectivity index (χ2v) is 3.49. The summed E-state index contributed by atoms with van der Waals surface area (Å²) in [7, 11) is 0. The lowest BCUT2D eigenvalue weighted by atomic mass is 10.1. The minimum atomic E-state index is 0.745. The van der Waals surface area contributed by atoms with E-state index in [2.05, 4.69) is 13.0 Å². The molecule has 2 rings (SSSR count). The van der Waals surface area contributed by atoms with E-state index in [9.17, 15) is 0 Å². The summed E-state index contributed by atoms with van der Waals surface area (Å²) in [6.07, 6.45) is 3.22. The average molecular weight is 191 g/mol. The summed E-state index contributed by atoms with van der Waals surface area (Å²) in [6, 6.07) is 7.06. The van der Waals surface area contributed by atoms with Gasteiger partial charge in [0.15, 0.2) is 0 Å². The van der Waals surface area contributed by atoms with Gasteiger partial charge in [-0.25, -0.2) is 0 Å². The van der Waals surface area contributed by atoms with Crippen LogP contribution in [0.4, 0.5) is 0 Å². The van der Waals surface area contributed by atoms with Crippen LogP contribution in [-0.4, -0.2) is 13.2 Å². The third kappa shape index (κ3) is 2.00. The van der Waals surface area contributed by atoms with Crippen LogP contribution in [0.5, 0.6) is 11.5 Å². The molecule has 0 saturated carbocycles. The zero-order valence-corrected chi connectivity index (χ0v) is 8.51. The molecule has 0 unspecified atom stereocenters. The molecule has 1 radical (unpaired) electrons. The van der Waals surface area contributed by atoms with Crippen molar-refractivity contribution in [2.24, 2.45) is 0 Å². The number of hydrogen-bond acceptors (Lipinski definition) is 2. The van der Waals surface area contributed by atoms with Crippen molar-refractivity contribution in [3.8, 4) is 11.5 Å². The fourth-order valence-electron chi connectivity index (χ4n) is 1.55. The summed E-state index contributed by atoms with van der Waals surface area (Å²) in [5.74, 6) is 1.77. The molecule has 75 valence electrons. The molecule has 0 bridgehead atoms. The van der Waals surface area contributed by atoms with Crippen molar-refractivity contribution in [3.05, 3.63) is 23.8 Å². The Labute approximate surface area is 84.8 Å². The van der Waals surface area contributed by atoms with Gasteiger partial charge in [0, 0.05) is 12.1 Å². The number of rotatable bonds is 3. The molecule has 1 aromatic rings. The van der Waals surface area contributed by atoms with E-state index in [1.54, 1.807) is 0 Å². The van der Waals surface area contributed by atoms with E-state index in [0.29, 0.717) is 0 Å². The standard InChI is InChI=1S/C12H15O2/c1-2-7-13-11-6-5-10-4-3-8-14-12(10)9-11/h5,9H,2-4,7-8H2,1H3. The molecule has 14 heavy (non-hydrogen) atoms. The smallest absolute Gasteiger partial charge is 0.130 e. The van der Waals surface area contributed by atoms with Gasteiger partial charge in [-0.15, -0.1) is 0 Å². The van der Waals surface area contributed by atoms with E-state index < -0.39 is 0 Å². The van der Waals surface area contributed by atoms with Crippen LogP contribution in [0.3, 0.4) is 0 Å². The van der Waals surface area contributed by atoms with Gasteiger partial charge in [-0.05, 0) is 30.9 Å². The van der Waals surface area contributed by atoms with Gasteiger partial charge in [0.1, 0.15) is 11.5 Å². The minimum Gasteiger partial charge on any atom is -0.493 e. The van der Waals surface area contributed by atoms with Gasteiger partial charge in [-0.1, -0.05) is 6.92 Å². The van der Waals surface area contributed by atoms with Gasteiger partial charge >= 0.3 is 0 Å². The molecule has 2 nitrogen and oxygen atoms in total. The maximum absolute atomic E-state index is 5.54. The summed E-state index contributed by atoms with van der Waals surface area (Å²) in [5, 5.41) is 0. The van der Waals surface area contributed by atoms with Crippen LogP contribution < -0.4 is 9.47 Å². The second-order valence-electron chi connectivity index (χ2n) is 3.49. The number of benzene rings is 1. The average Bonchev–Trinajstić information content (AvgIpc) is 2.26. The molecule has 1 aliphatic heterocycles. The molecular weight excluding hydrogens is 176 g/mol. The van der Waals surface area contributed by atoms with Crippen LogP contribution in [0.25, 0.3) is 0 Å². The number of fused-ring (bicyclic) bond motifs is 1. The highest BCUT2D eigenvalue weighted by Gasteiger charge is 2.10. The Balaban J connectivity index is 2.12. The van der Waals surface area contributed by atoms with Gasteiger partial charge in [0.05, 0.1) is 13.2 Å². The van der Waals surface area contributed by atoms with Crippen molar-refractivity contribution < 1.29 is 9.47 Å². The molecule has 0 fully saturated rings. The summed E-state index contributed by atoms with van der Waals surface area (Å²) in [5.41, 5.74) is 1.25. The van der Waals surface area contributed by atoms with Gasteiger partial charge in [-0.3, -0.25) is 0 Å². The van der Waals surface area contributed by atoms with E-state index in [4.69, 9.17) is 9.47 Å². The first-order valence-corrected chi connectivity index (χ1v) is 5.20. The second kappa shape index (κ2) is 4.36. The van der Waals surface area contributed by atoms with E-state index in [0.717, 1.165) is 44.0 Å². The zero-order valence-electron chi connectivity index (χ0n) is 8.51. The lowest BCUT2D eigenvalue weighted by Gasteiger charge is -2.17. The molecule has 2 heteroatoms. The highest BCUT2D eigenvalue weighted by molar-refractivity contribution is 5.40. The molecule has 1 aliphatic rings. The fourth-order valence-corrected chi connectivity index (χ4v) is 1.55. The summed E-state index contributed by atoms with van der Waals surface area (Å²) >= 11 is 0. The van der Waals surface area contributed by atoms with Gasteiger partial charge in [-0.2, -0.15) is 0 Å². The summed E-state index contributed by atoms with van der Waals surface area (Å²) < 4.78 is 11.0. The Morgan fingerprint density at radius 2 is 2.50 bits per heavy atom. The normalized spacial score (nSPS) is 14.4. The van der Waals surface area contributed by atoms with Crippen molar-refractivity contribution in [1.29, 1.82) is 0 Å². The predicted octanol–water partition coefficient (Wildman–Crippen LogP) is 2.60. The first-order valence-electron chi connectivity index (χ1n) is 5.20. The van der Waals surface area contributed by atoms with Crippen molar-refractivity contribution in [3.63, 3.8) is 0 Å². The fraction of sp³-hybridized carbons (Fsp3) is 0.500. The maximum atomic E-state index is 5.54. The van der Waals surface area contributed by atoms with Crippen LogP contribution in [0, 0.1) is 6.07 Å². The lowest BCUT2D eigenvalue weighted by Crippen LogP contribution is -2.08.